The number of H-pyrrole nitrogens is 1. The molecule has 2 aromatic rings. The molecule has 1 aromatic carbocycles. The molecule has 3 N–H and O–H groups in total. The second kappa shape index (κ2) is 5.79. The fourth-order valence-electron chi connectivity index (χ4n) is 1.78. The van der Waals surface area contributed by atoms with Gasteiger partial charge in [-0.05, 0) is 24.5 Å². The average Bonchev–Trinajstić information content (AvgIpc) is 2.38. The highest BCUT2D eigenvalue weighted by molar-refractivity contribution is 7.97. The number of nitrogens with zero attached hydrogens (tertiary/aromatic N) is 1. The lowest BCUT2D eigenvalue weighted by atomic mass is 10.1. The normalized spacial score (nSPS) is 10.4. The van der Waals surface area contributed by atoms with E-state index >= 15 is 0 Å². The molecule has 0 bridgehead atoms. The van der Waals surface area contributed by atoms with Crippen molar-refractivity contribution in [1.82, 2.24) is 9.97 Å². The van der Waals surface area contributed by atoms with Crippen molar-refractivity contribution in [2.75, 3.05) is 19.1 Å². The maximum atomic E-state index is 11.7. The lowest BCUT2D eigenvalue weighted by Crippen LogP contribution is -2.10. The van der Waals surface area contributed by atoms with Crippen LogP contribution in [0.15, 0.2) is 29.1 Å². The number of nitrogen functional groups attached to an aromatic ring is 1. The Kier molecular flexibility index (Phi) is 4.11. The summed E-state index contributed by atoms with van der Waals surface area (Å²) >= 11 is 1.59. The van der Waals surface area contributed by atoms with Crippen LogP contribution in [0.4, 0.5) is 5.69 Å². The van der Waals surface area contributed by atoms with Crippen molar-refractivity contribution < 1.29 is 4.74 Å². The smallest absolute Gasteiger partial charge is 0.251 e. The molecule has 0 unspecified atom stereocenters. The van der Waals surface area contributed by atoms with Gasteiger partial charge in [-0.3, -0.25) is 4.79 Å². The molecule has 0 spiro atoms. The number of hydrogen-bond donors (Lipinski definition) is 2. The number of methoxy groups -OCH3 is 1. The second-order valence-corrected chi connectivity index (χ2v) is 4.84. The Morgan fingerprint density at radius 2 is 2.21 bits per heavy atom. The van der Waals surface area contributed by atoms with Crippen molar-refractivity contribution in [1.29, 1.82) is 0 Å². The minimum atomic E-state index is -0.182. The van der Waals surface area contributed by atoms with Gasteiger partial charge in [0.25, 0.3) is 5.56 Å². The molecule has 0 saturated heterocycles. The fourth-order valence-corrected chi connectivity index (χ4v) is 2.19. The molecule has 2 rings (SSSR count). The summed E-state index contributed by atoms with van der Waals surface area (Å²) in [6.07, 6.45) is 1.95. The van der Waals surface area contributed by atoms with Crippen molar-refractivity contribution >= 4 is 17.4 Å². The first-order valence-corrected chi connectivity index (χ1v) is 7.06. The summed E-state index contributed by atoms with van der Waals surface area (Å²) in [5.41, 5.74) is 7.49. The van der Waals surface area contributed by atoms with Gasteiger partial charge in [0.15, 0.2) is 0 Å². The Morgan fingerprint density at radius 1 is 1.42 bits per heavy atom. The Bertz CT molecular complexity index is 640. The highest BCUT2D eigenvalue weighted by atomic mass is 32.2. The molecule has 0 aliphatic rings. The number of nitrogens with two attached hydrogens (primary N) is 1. The van der Waals surface area contributed by atoms with Gasteiger partial charge < -0.3 is 15.5 Å². The predicted octanol–water partition coefficient (Wildman–Crippen LogP) is 1.89. The lowest BCUT2D eigenvalue weighted by Gasteiger charge is -2.09. The summed E-state index contributed by atoms with van der Waals surface area (Å²) in [7, 11) is 1.57. The minimum Gasteiger partial charge on any atom is -0.496 e. The maximum absolute atomic E-state index is 11.7. The first-order chi connectivity index (χ1) is 9.13. The zero-order valence-electron chi connectivity index (χ0n) is 10.8. The summed E-state index contributed by atoms with van der Waals surface area (Å²) in [6.45, 7) is 0. The molecule has 0 aliphatic carbocycles. The van der Waals surface area contributed by atoms with E-state index in [2.05, 4.69) is 9.97 Å². The molecule has 0 radical (unpaired) electrons. The van der Waals surface area contributed by atoms with Gasteiger partial charge in [-0.25, -0.2) is 4.98 Å². The van der Waals surface area contributed by atoms with E-state index in [4.69, 9.17) is 10.5 Å². The fraction of sp³-hybridized carbons (Fsp3) is 0.231. The van der Waals surface area contributed by atoms with E-state index in [-0.39, 0.29) is 5.56 Å². The molecule has 0 amide bonds. The monoisotopic (exact) mass is 277 g/mol. The Balaban J connectivity index is 2.57. The molecule has 5 nitrogen and oxygen atoms in total. The number of nitrogens with one attached hydrogen (secondary N) is 1. The molecular formula is C13H15N3O2S. The maximum Gasteiger partial charge on any atom is 0.251 e. The number of benzene rings is 1. The average molecular weight is 277 g/mol. The van der Waals surface area contributed by atoms with Crippen LogP contribution in [-0.2, 0) is 5.75 Å². The first kappa shape index (κ1) is 13.5. The van der Waals surface area contributed by atoms with Crippen LogP contribution in [0.2, 0.25) is 0 Å². The molecular weight excluding hydrogens is 262 g/mol. The molecule has 0 atom stereocenters. The van der Waals surface area contributed by atoms with Gasteiger partial charge in [0.2, 0.25) is 0 Å². The third-order valence-corrected chi connectivity index (χ3v) is 3.13. The van der Waals surface area contributed by atoms with Gasteiger partial charge in [-0.15, -0.1) is 0 Å². The van der Waals surface area contributed by atoms with E-state index in [0.29, 0.717) is 28.7 Å². The molecule has 0 fully saturated rings. The van der Waals surface area contributed by atoms with E-state index < -0.39 is 0 Å². The van der Waals surface area contributed by atoms with Crippen LogP contribution in [0, 0.1) is 0 Å². The molecule has 0 saturated carbocycles. The first-order valence-electron chi connectivity index (χ1n) is 5.67. The third-order valence-electron chi connectivity index (χ3n) is 2.57. The molecule has 19 heavy (non-hydrogen) atoms. The van der Waals surface area contributed by atoms with E-state index in [1.165, 1.54) is 6.07 Å². The Morgan fingerprint density at radius 3 is 2.89 bits per heavy atom. The zero-order chi connectivity index (χ0) is 13.8. The van der Waals surface area contributed by atoms with Gasteiger partial charge in [-0.1, -0.05) is 0 Å². The number of aromatic nitrogens is 2. The lowest BCUT2D eigenvalue weighted by molar-refractivity contribution is 0.416. The summed E-state index contributed by atoms with van der Waals surface area (Å²) in [4.78, 5) is 18.8. The van der Waals surface area contributed by atoms with Gasteiger partial charge in [0.05, 0.1) is 18.6 Å². The summed E-state index contributed by atoms with van der Waals surface area (Å²) < 4.78 is 5.28. The van der Waals surface area contributed by atoms with Gasteiger partial charge in [0, 0.05) is 17.3 Å². The van der Waals surface area contributed by atoms with Gasteiger partial charge in [0.1, 0.15) is 11.6 Å². The van der Waals surface area contributed by atoms with Crippen molar-refractivity contribution in [3.05, 3.63) is 40.4 Å². The zero-order valence-corrected chi connectivity index (χ0v) is 11.6. The van der Waals surface area contributed by atoms with Crippen molar-refractivity contribution in [2.45, 2.75) is 5.75 Å². The molecule has 1 aromatic heterocycles. The van der Waals surface area contributed by atoms with E-state index in [1.807, 2.05) is 6.26 Å². The molecule has 0 aliphatic heterocycles. The van der Waals surface area contributed by atoms with Crippen LogP contribution in [0.25, 0.3) is 11.3 Å². The van der Waals surface area contributed by atoms with E-state index in [9.17, 15) is 4.79 Å². The highest BCUT2D eigenvalue weighted by Crippen LogP contribution is 2.29. The molecule has 1 heterocycles. The second-order valence-electron chi connectivity index (χ2n) is 3.97. The number of hydrogen-bond acceptors (Lipinski definition) is 5. The predicted molar refractivity (Wildman–Crippen MR) is 78.5 cm³/mol. The van der Waals surface area contributed by atoms with Crippen molar-refractivity contribution in [2.24, 2.45) is 0 Å². The van der Waals surface area contributed by atoms with Crippen LogP contribution in [-0.4, -0.2) is 23.3 Å². The number of aromatic amines is 1. The largest absolute Gasteiger partial charge is 0.496 e. The summed E-state index contributed by atoms with van der Waals surface area (Å²) in [6, 6.07) is 6.71. The van der Waals surface area contributed by atoms with Crippen molar-refractivity contribution in [3.63, 3.8) is 0 Å². The number of ether oxygens (including phenoxy) is 1. The van der Waals surface area contributed by atoms with E-state index in [0.717, 1.165) is 5.56 Å². The Labute approximate surface area is 115 Å². The molecule has 6 heteroatoms. The topological polar surface area (TPSA) is 81.0 Å². The quantitative estimate of drug-likeness (QED) is 0.834. The summed E-state index contributed by atoms with van der Waals surface area (Å²) in [5, 5.41) is 0. The van der Waals surface area contributed by atoms with E-state index in [1.54, 1.807) is 37.1 Å². The standard InChI is InChI=1S/C13H15N3O2S/c1-18-11-4-3-8(14)5-9(11)10-6-13(17)16-12(15-10)7-19-2/h3-6H,7,14H2,1-2H3,(H,15,16,17). The number of thioether (sulfide) groups is 1. The summed E-state index contributed by atoms with van der Waals surface area (Å²) in [5.74, 6) is 1.93. The molecule has 100 valence electrons. The number of anilines is 1. The van der Waals surface area contributed by atoms with Gasteiger partial charge in [-0.2, -0.15) is 11.8 Å². The Hall–Kier alpha value is -1.95. The van der Waals surface area contributed by atoms with Crippen LogP contribution in [0.1, 0.15) is 5.82 Å². The number of rotatable bonds is 4. The van der Waals surface area contributed by atoms with Crippen LogP contribution in [0.5, 0.6) is 5.75 Å². The van der Waals surface area contributed by atoms with Crippen LogP contribution >= 0.6 is 11.8 Å². The minimum absolute atomic E-state index is 0.182. The van der Waals surface area contributed by atoms with Crippen LogP contribution < -0.4 is 16.0 Å². The SMILES string of the molecule is COc1ccc(N)cc1-c1cc(=O)[nH]c(CSC)n1. The van der Waals surface area contributed by atoms with Crippen LogP contribution in [0.3, 0.4) is 0 Å². The van der Waals surface area contributed by atoms with Gasteiger partial charge >= 0.3 is 0 Å². The van der Waals surface area contributed by atoms with Crippen molar-refractivity contribution in [3.8, 4) is 17.0 Å². The highest BCUT2D eigenvalue weighted by Gasteiger charge is 2.10. The third kappa shape index (κ3) is 3.08.